The molecule has 7 heteroatoms. The van der Waals surface area contributed by atoms with Gasteiger partial charge in [0.05, 0.1) is 18.0 Å². The van der Waals surface area contributed by atoms with E-state index in [1.807, 2.05) is 97.9 Å². The number of aryl methyl sites for hydroxylation is 1. The third-order valence-electron chi connectivity index (χ3n) is 6.33. The first-order valence-electron chi connectivity index (χ1n) is 13.1. The predicted octanol–water partition coefficient (Wildman–Crippen LogP) is 5.66. The van der Waals surface area contributed by atoms with E-state index >= 15 is 0 Å². The molecule has 0 saturated heterocycles. The van der Waals surface area contributed by atoms with Crippen molar-refractivity contribution in [1.82, 2.24) is 14.7 Å². The Labute approximate surface area is 230 Å². The van der Waals surface area contributed by atoms with Crippen LogP contribution in [0.4, 0.5) is 5.82 Å². The highest BCUT2D eigenvalue weighted by molar-refractivity contribution is 5.94. The van der Waals surface area contributed by atoms with Gasteiger partial charge in [0.15, 0.2) is 0 Å². The lowest BCUT2D eigenvalue weighted by Crippen LogP contribution is -2.39. The number of benzene rings is 3. The second-order valence-electron chi connectivity index (χ2n) is 10.6. The lowest BCUT2D eigenvalue weighted by Gasteiger charge is -2.22. The average molecular weight is 525 g/mol. The summed E-state index contributed by atoms with van der Waals surface area (Å²) in [5.74, 6) is -0.00285. The summed E-state index contributed by atoms with van der Waals surface area (Å²) in [6.45, 7) is 8.64. The van der Waals surface area contributed by atoms with Crippen molar-refractivity contribution >= 4 is 17.6 Å². The van der Waals surface area contributed by atoms with Crippen molar-refractivity contribution in [2.24, 2.45) is 0 Å². The largest absolute Gasteiger partial charge is 0.367 e. The molecule has 7 nitrogen and oxygen atoms in total. The highest BCUT2D eigenvalue weighted by Gasteiger charge is 2.24. The molecule has 1 aromatic heterocycles. The number of carbonyl (C=O) groups is 2. The first-order valence-corrected chi connectivity index (χ1v) is 13.1. The molecule has 3 aromatic carbocycles. The van der Waals surface area contributed by atoms with Gasteiger partial charge in [-0.25, -0.2) is 4.68 Å². The lowest BCUT2D eigenvalue weighted by molar-refractivity contribution is -0.139. The zero-order valence-electron chi connectivity index (χ0n) is 23.1. The summed E-state index contributed by atoms with van der Waals surface area (Å²) in [7, 11) is 0. The van der Waals surface area contributed by atoms with Crippen LogP contribution in [0.1, 0.15) is 43.2 Å². The monoisotopic (exact) mass is 524 g/mol. The van der Waals surface area contributed by atoms with Crippen LogP contribution < -0.4 is 5.32 Å². The minimum atomic E-state index is -0.308. The van der Waals surface area contributed by atoms with Gasteiger partial charge >= 0.3 is 0 Å². The first-order chi connectivity index (χ1) is 18.7. The van der Waals surface area contributed by atoms with E-state index in [0.717, 1.165) is 28.1 Å². The summed E-state index contributed by atoms with van der Waals surface area (Å²) < 4.78 is 7.46. The fraction of sp³-hybridized carbons (Fsp3) is 0.281. The van der Waals surface area contributed by atoms with Crippen molar-refractivity contribution < 1.29 is 14.3 Å². The molecule has 202 valence electrons. The Bertz CT molecular complexity index is 1390. The zero-order valence-corrected chi connectivity index (χ0v) is 23.1. The number of hydrogen-bond donors (Lipinski definition) is 1. The molecule has 0 fully saturated rings. The van der Waals surface area contributed by atoms with Gasteiger partial charge in [-0.05, 0) is 29.7 Å². The van der Waals surface area contributed by atoms with Crippen LogP contribution in [0.15, 0.2) is 91.0 Å². The summed E-state index contributed by atoms with van der Waals surface area (Å²) in [5.41, 5.74) is 4.48. The van der Waals surface area contributed by atoms with Gasteiger partial charge in [-0.2, -0.15) is 5.10 Å². The van der Waals surface area contributed by atoms with E-state index in [1.165, 1.54) is 4.90 Å². The number of hydrogen-bond acceptors (Lipinski definition) is 4. The van der Waals surface area contributed by atoms with Crippen molar-refractivity contribution in [2.75, 3.05) is 18.5 Å². The maximum atomic E-state index is 13.4. The predicted molar refractivity (Wildman–Crippen MR) is 154 cm³/mol. The van der Waals surface area contributed by atoms with Crippen molar-refractivity contribution in [3.8, 4) is 5.69 Å². The van der Waals surface area contributed by atoms with Gasteiger partial charge < -0.3 is 15.0 Å². The van der Waals surface area contributed by atoms with Crippen molar-refractivity contribution in [3.63, 3.8) is 0 Å². The number of rotatable bonds is 10. The maximum Gasteiger partial charge on any atom is 0.249 e. The van der Waals surface area contributed by atoms with Crippen LogP contribution >= 0.6 is 0 Å². The van der Waals surface area contributed by atoms with E-state index in [0.29, 0.717) is 19.0 Å². The zero-order chi connectivity index (χ0) is 27.8. The number of carbonyl (C=O) groups excluding carboxylic acids is 2. The minimum Gasteiger partial charge on any atom is -0.367 e. The Morgan fingerprint density at radius 1 is 0.897 bits per heavy atom. The van der Waals surface area contributed by atoms with Crippen LogP contribution in [0.5, 0.6) is 0 Å². The molecule has 0 radical (unpaired) electrons. The molecule has 0 aliphatic rings. The maximum absolute atomic E-state index is 13.4. The number of nitrogens with one attached hydrogen (secondary N) is 1. The molecule has 0 aliphatic heterocycles. The Hall–Kier alpha value is -4.23. The number of para-hydroxylation sites is 1. The fourth-order valence-electron chi connectivity index (χ4n) is 4.13. The normalized spacial score (nSPS) is 11.3. The van der Waals surface area contributed by atoms with Gasteiger partial charge in [0.2, 0.25) is 11.8 Å². The molecule has 0 aliphatic carbocycles. The highest BCUT2D eigenvalue weighted by Crippen LogP contribution is 2.27. The quantitative estimate of drug-likeness (QED) is 0.290. The van der Waals surface area contributed by atoms with Gasteiger partial charge in [0.1, 0.15) is 19.0 Å². The van der Waals surface area contributed by atoms with Crippen molar-refractivity contribution in [1.29, 1.82) is 0 Å². The van der Waals surface area contributed by atoms with Crippen LogP contribution in [-0.2, 0) is 32.9 Å². The van der Waals surface area contributed by atoms with E-state index in [2.05, 4.69) is 26.1 Å². The molecule has 0 unspecified atom stereocenters. The second-order valence-corrected chi connectivity index (χ2v) is 10.6. The highest BCUT2D eigenvalue weighted by atomic mass is 16.5. The molecule has 1 heterocycles. The lowest BCUT2D eigenvalue weighted by atomic mass is 9.92. The van der Waals surface area contributed by atoms with Crippen molar-refractivity contribution in [2.45, 2.75) is 46.3 Å². The summed E-state index contributed by atoms with van der Waals surface area (Å²) >= 11 is 0. The molecular formula is C32H36N4O3. The summed E-state index contributed by atoms with van der Waals surface area (Å²) in [6.07, 6.45) is 0. The average Bonchev–Trinajstić information content (AvgIpc) is 3.33. The molecule has 2 amide bonds. The Morgan fingerprint density at radius 2 is 1.51 bits per heavy atom. The summed E-state index contributed by atoms with van der Waals surface area (Å²) in [6, 6.07) is 29.1. The van der Waals surface area contributed by atoms with Gasteiger partial charge in [0.25, 0.3) is 0 Å². The molecule has 4 rings (SSSR count). The van der Waals surface area contributed by atoms with Crippen LogP contribution in [0.2, 0.25) is 0 Å². The SMILES string of the molecule is Cc1ccccc1-n1nc(C(C)(C)C)cc1NC(=O)CN(Cc1ccccc1)C(=O)COCc1ccccc1. The second kappa shape index (κ2) is 12.5. The molecule has 4 aromatic rings. The van der Waals surface area contributed by atoms with Gasteiger partial charge in [-0.3, -0.25) is 9.59 Å². The van der Waals surface area contributed by atoms with Crippen LogP contribution in [-0.4, -0.2) is 39.6 Å². The number of aromatic nitrogens is 2. The summed E-state index contributed by atoms with van der Waals surface area (Å²) in [4.78, 5) is 28.1. The minimum absolute atomic E-state index is 0.119. The third kappa shape index (κ3) is 7.65. The number of nitrogens with zero attached hydrogens (tertiary/aromatic N) is 3. The number of anilines is 1. The number of ether oxygens (including phenoxy) is 1. The van der Waals surface area contributed by atoms with Gasteiger partial charge in [-0.1, -0.05) is 99.6 Å². The third-order valence-corrected chi connectivity index (χ3v) is 6.33. The molecule has 0 saturated carbocycles. The van der Waals surface area contributed by atoms with Gasteiger partial charge in [-0.15, -0.1) is 0 Å². The number of amides is 2. The first kappa shape index (κ1) is 27.8. The molecule has 1 N–H and O–H groups in total. The van der Waals surface area contributed by atoms with Crippen molar-refractivity contribution in [3.05, 3.63) is 113 Å². The fourth-order valence-corrected chi connectivity index (χ4v) is 4.13. The summed E-state index contributed by atoms with van der Waals surface area (Å²) in [5, 5.41) is 7.83. The molecule has 0 spiro atoms. The molecule has 0 atom stereocenters. The molecule has 39 heavy (non-hydrogen) atoms. The van der Waals surface area contributed by atoms with Gasteiger partial charge in [0, 0.05) is 18.0 Å². The topological polar surface area (TPSA) is 76.5 Å². The van der Waals surface area contributed by atoms with Crippen LogP contribution in [0.3, 0.4) is 0 Å². The van der Waals surface area contributed by atoms with Crippen LogP contribution in [0.25, 0.3) is 5.69 Å². The Balaban J connectivity index is 1.51. The Kier molecular flexibility index (Phi) is 8.94. The molecule has 0 bridgehead atoms. The molecular weight excluding hydrogens is 488 g/mol. The van der Waals surface area contributed by atoms with E-state index in [-0.39, 0.29) is 30.4 Å². The van der Waals surface area contributed by atoms with Crippen LogP contribution in [0, 0.1) is 6.92 Å². The smallest absolute Gasteiger partial charge is 0.249 e. The van der Waals surface area contributed by atoms with E-state index in [4.69, 9.17) is 9.84 Å². The van der Waals surface area contributed by atoms with E-state index < -0.39 is 0 Å². The van der Waals surface area contributed by atoms with E-state index in [1.54, 1.807) is 4.68 Å². The Morgan fingerprint density at radius 3 is 2.15 bits per heavy atom. The standard InChI is InChI=1S/C32H36N4O3/c1-24-13-11-12-18-27(24)36-29(19-28(34-36)32(2,3)4)33-30(37)21-35(20-25-14-7-5-8-15-25)31(38)23-39-22-26-16-9-6-10-17-26/h5-19H,20-23H2,1-4H3,(H,33,37). The van der Waals surface area contributed by atoms with E-state index in [9.17, 15) is 9.59 Å².